The number of rotatable bonds is 17. The van der Waals surface area contributed by atoms with Gasteiger partial charge in [0.15, 0.2) is 0 Å². The van der Waals surface area contributed by atoms with E-state index in [1.165, 1.54) is 77.0 Å². The average molecular weight is 326 g/mol. The predicted octanol–water partition coefficient (Wildman–Crippen LogP) is 6.38. The van der Waals surface area contributed by atoms with Crippen LogP contribution in [0.25, 0.3) is 0 Å². The Bertz CT molecular complexity index is 263. The van der Waals surface area contributed by atoms with Gasteiger partial charge in [-0.05, 0) is 26.9 Å². The normalized spacial score (nSPS) is 12.7. The van der Waals surface area contributed by atoms with Crippen LogP contribution in [0.15, 0.2) is 0 Å². The van der Waals surface area contributed by atoms with Gasteiger partial charge in [-0.1, -0.05) is 90.9 Å². The van der Waals surface area contributed by atoms with Gasteiger partial charge in [0.25, 0.3) is 0 Å². The molecule has 0 N–H and O–H groups in total. The first-order valence-corrected chi connectivity index (χ1v) is 10.3. The van der Waals surface area contributed by atoms with E-state index in [0.717, 1.165) is 19.3 Å². The molecule has 0 aromatic rings. The Morgan fingerprint density at radius 2 is 1.09 bits per heavy atom. The number of hydrogen-bond acceptors (Lipinski definition) is 2. The molecule has 0 aliphatic heterocycles. The molecule has 0 radical (unpaired) electrons. The van der Waals surface area contributed by atoms with Gasteiger partial charge in [-0.15, -0.1) is 0 Å². The molecule has 2 nitrogen and oxygen atoms in total. The van der Waals surface area contributed by atoms with Crippen LogP contribution in [0.2, 0.25) is 0 Å². The number of hydrogen-bond donors (Lipinski definition) is 0. The molecule has 0 fully saturated rings. The van der Waals surface area contributed by atoms with Crippen molar-refractivity contribution < 1.29 is 4.79 Å². The standard InChI is InChI=1S/C21H43NO/c1-5-7-8-9-10-11-12-13-14-15-16-17-18-19-21(23)20(6-2)22(3)4/h20H,5-19H2,1-4H3. The van der Waals surface area contributed by atoms with Gasteiger partial charge >= 0.3 is 0 Å². The highest BCUT2D eigenvalue weighted by Gasteiger charge is 2.17. The lowest BCUT2D eigenvalue weighted by Gasteiger charge is -2.21. The summed E-state index contributed by atoms with van der Waals surface area (Å²) in [4.78, 5) is 14.1. The Kier molecular flexibility index (Phi) is 16.2. The quantitative estimate of drug-likeness (QED) is 0.289. The average Bonchev–Trinajstić information content (AvgIpc) is 2.52. The van der Waals surface area contributed by atoms with Crippen LogP contribution in [0.5, 0.6) is 0 Å². The zero-order valence-electron chi connectivity index (χ0n) is 16.5. The van der Waals surface area contributed by atoms with Crippen molar-refractivity contribution in [2.45, 2.75) is 116 Å². The fourth-order valence-corrected chi connectivity index (χ4v) is 3.36. The van der Waals surface area contributed by atoms with Gasteiger partial charge in [0.1, 0.15) is 5.78 Å². The lowest BCUT2D eigenvalue weighted by Crippen LogP contribution is -2.34. The van der Waals surface area contributed by atoms with Crippen LogP contribution in [0.3, 0.4) is 0 Å². The van der Waals surface area contributed by atoms with Gasteiger partial charge in [-0.2, -0.15) is 0 Å². The maximum absolute atomic E-state index is 12.1. The maximum Gasteiger partial charge on any atom is 0.149 e. The smallest absolute Gasteiger partial charge is 0.149 e. The second kappa shape index (κ2) is 16.5. The van der Waals surface area contributed by atoms with Crippen LogP contribution in [-0.4, -0.2) is 30.8 Å². The molecule has 0 heterocycles. The number of carbonyl (C=O) groups excluding carboxylic acids is 1. The number of Topliss-reactive ketones (excluding diaryl/α,β-unsaturated/α-hetero) is 1. The third-order valence-corrected chi connectivity index (χ3v) is 4.91. The second-order valence-corrected chi connectivity index (χ2v) is 7.35. The lowest BCUT2D eigenvalue weighted by atomic mass is 10.0. The monoisotopic (exact) mass is 325 g/mol. The van der Waals surface area contributed by atoms with Crippen molar-refractivity contribution >= 4 is 5.78 Å². The summed E-state index contributed by atoms with van der Waals surface area (Å²) in [7, 11) is 4.02. The number of unbranched alkanes of at least 4 members (excludes halogenated alkanes) is 12. The van der Waals surface area contributed by atoms with E-state index in [2.05, 4.69) is 18.7 Å². The van der Waals surface area contributed by atoms with Crippen molar-refractivity contribution in [2.75, 3.05) is 14.1 Å². The van der Waals surface area contributed by atoms with E-state index in [1.807, 2.05) is 14.1 Å². The SMILES string of the molecule is CCCCCCCCCCCCCCCC(=O)C(CC)N(C)C. The van der Waals surface area contributed by atoms with E-state index in [-0.39, 0.29) is 6.04 Å². The van der Waals surface area contributed by atoms with Gasteiger partial charge in [0.2, 0.25) is 0 Å². The zero-order chi connectivity index (χ0) is 17.3. The summed E-state index contributed by atoms with van der Waals surface area (Å²) < 4.78 is 0. The van der Waals surface area contributed by atoms with Crippen LogP contribution in [0.4, 0.5) is 0 Å². The first kappa shape index (κ1) is 22.6. The van der Waals surface area contributed by atoms with E-state index >= 15 is 0 Å². The van der Waals surface area contributed by atoms with Gasteiger partial charge in [-0.3, -0.25) is 9.69 Å². The summed E-state index contributed by atoms with van der Waals surface area (Å²) in [6.45, 7) is 4.38. The molecule has 0 rings (SSSR count). The largest absolute Gasteiger partial charge is 0.300 e. The molecule has 0 saturated carbocycles. The van der Waals surface area contributed by atoms with Crippen LogP contribution in [0.1, 0.15) is 110 Å². The highest BCUT2D eigenvalue weighted by molar-refractivity contribution is 5.83. The molecular formula is C21H43NO. The van der Waals surface area contributed by atoms with Crippen molar-refractivity contribution in [2.24, 2.45) is 0 Å². The summed E-state index contributed by atoms with van der Waals surface area (Å²) in [6, 6.07) is 0.132. The van der Waals surface area contributed by atoms with Crippen molar-refractivity contribution in [3.63, 3.8) is 0 Å². The molecule has 0 aromatic carbocycles. The first-order valence-electron chi connectivity index (χ1n) is 10.3. The third-order valence-electron chi connectivity index (χ3n) is 4.91. The molecule has 23 heavy (non-hydrogen) atoms. The van der Waals surface area contributed by atoms with Gasteiger partial charge in [0.05, 0.1) is 6.04 Å². The molecular weight excluding hydrogens is 282 g/mol. The van der Waals surface area contributed by atoms with Crippen LogP contribution in [0, 0.1) is 0 Å². The molecule has 0 aliphatic carbocycles. The summed E-state index contributed by atoms with van der Waals surface area (Å²) in [5.41, 5.74) is 0. The van der Waals surface area contributed by atoms with E-state index in [4.69, 9.17) is 0 Å². The van der Waals surface area contributed by atoms with Crippen molar-refractivity contribution in [1.82, 2.24) is 4.90 Å². The highest BCUT2D eigenvalue weighted by Crippen LogP contribution is 2.14. The van der Waals surface area contributed by atoms with Gasteiger partial charge in [0, 0.05) is 6.42 Å². The number of ketones is 1. The molecule has 0 amide bonds. The molecule has 138 valence electrons. The molecule has 0 saturated heterocycles. The summed E-state index contributed by atoms with van der Waals surface area (Å²) in [6.07, 6.45) is 19.4. The summed E-state index contributed by atoms with van der Waals surface area (Å²) in [5, 5.41) is 0. The molecule has 0 spiro atoms. The maximum atomic E-state index is 12.1. The number of carbonyl (C=O) groups is 1. The number of likely N-dealkylation sites (N-methyl/N-ethyl adjacent to an activating group) is 1. The number of nitrogens with zero attached hydrogens (tertiary/aromatic N) is 1. The van der Waals surface area contributed by atoms with Gasteiger partial charge < -0.3 is 0 Å². The molecule has 0 aromatic heterocycles. The van der Waals surface area contributed by atoms with Gasteiger partial charge in [-0.25, -0.2) is 0 Å². The minimum Gasteiger partial charge on any atom is -0.300 e. The Hall–Kier alpha value is -0.370. The minimum absolute atomic E-state index is 0.132. The molecule has 2 heteroatoms. The van der Waals surface area contributed by atoms with E-state index in [1.54, 1.807) is 0 Å². The Morgan fingerprint density at radius 3 is 1.43 bits per heavy atom. The Balaban J connectivity index is 3.29. The van der Waals surface area contributed by atoms with E-state index in [0.29, 0.717) is 5.78 Å². The Labute approximate surface area is 146 Å². The topological polar surface area (TPSA) is 20.3 Å². The lowest BCUT2D eigenvalue weighted by molar-refractivity contribution is -0.123. The van der Waals surface area contributed by atoms with Crippen LogP contribution in [-0.2, 0) is 4.79 Å². The fourth-order valence-electron chi connectivity index (χ4n) is 3.36. The van der Waals surface area contributed by atoms with Crippen molar-refractivity contribution in [1.29, 1.82) is 0 Å². The highest BCUT2D eigenvalue weighted by atomic mass is 16.1. The zero-order valence-corrected chi connectivity index (χ0v) is 16.5. The van der Waals surface area contributed by atoms with Crippen LogP contribution >= 0.6 is 0 Å². The molecule has 0 aliphatic rings. The van der Waals surface area contributed by atoms with E-state index in [9.17, 15) is 4.79 Å². The molecule has 1 unspecified atom stereocenters. The second-order valence-electron chi connectivity index (χ2n) is 7.35. The van der Waals surface area contributed by atoms with Crippen LogP contribution < -0.4 is 0 Å². The minimum atomic E-state index is 0.132. The van der Waals surface area contributed by atoms with Crippen molar-refractivity contribution in [3.05, 3.63) is 0 Å². The third kappa shape index (κ3) is 13.7. The fraction of sp³-hybridized carbons (Fsp3) is 0.952. The summed E-state index contributed by atoms with van der Waals surface area (Å²) >= 11 is 0. The Morgan fingerprint density at radius 1 is 0.696 bits per heavy atom. The first-order chi connectivity index (χ1) is 11.1. The van der Waals surface area contributed by atoms with Crippen molar-refractivity contribution in [3.8, 4) is 0 Å². The molecule has 0 bridgehead atoms. The summed E-state index contributed by atoms with van der Waals surface area (Å²) in [5.74, 6) is 0.431. The van der Waals surface area contributed by atoms with E-state index < -0.39 is 0 Å². The predicted molar refractivity (Wildman–Crippen MR) is 103 cm³/mol. The molecule has 1 atom stereocenters.